The molecule has 0 unspecified atom stereocenters. The van der Waals surface area contributed by atoms with Crippen LogP contribution in [0.5, 0.6) is 0 Å². The van der Waals surface area contributed by atoms with Crippen LogP contribution in [0.15, 0.2) is 51.6 Å². The zero-order valence-corrected chi connectivity index (χ0v) is 12.3. The molecule has 0 aliphatic rings. The van der Waals surface area contributed by atoms with Gasteiger partial charge >= 0.3 is 0 Å². The summed E-state index contributed by atoms with van der Waals surface area (Å²) in [4.78, 5) is 8.97. The first-order valence-electron chi connectivity index (χ1n) is 6.22. The fourth-order valence-corrected chi connectivity index (χ4v) is 2.88. The fraction of sp³-hybridized carbons (Fsp3) is 0.0667. The van der Waals surface area contributed by atoms with Crippen LogP contribution in [0.3, 0.4) is 0 Å². The topological polar surface area (TPSA) is 43.3 Å². The molecule has 98 valence electrons. The van der Waals surface area contributed by atoms with E-state index in [1.807, 2.05) is 49.5 Å². The third-order valence-electron chi connectivity index (χ3n) is 3.26. The Morgan fingerprint density at radius 2 is 2.05 bits per heavy atom. The van der Waals surface area contributed by atoms with Crippen LogP contribution in [0.4, 0.5) is 0 Å². The quantitative estimate of drug-likeness (QED) is 0.526. The molecule has 20 heavy (non-hydrogen) atoms. The average molecular weight is 328 g/mol. The summed E-state index contributed by atoms with van der Waals surface area (Å²) < 4.78 is 8.40. The van der Waals surface area contributed by atoms with E-state index in [-0.39, 0.29) is 0 Å². The van der Waals surface area contributed by atoms with E-state index in [4.69, 9.17) is 4.42 Å². The van der Waals surface area contributed by atoms with Crippen LogP contribution in [-0.2, 0) is 0 Å². The van der Waals surface area contributed by atoms with Crippen molar-refractivity contribution in [2.45, 2.75) is 6.92 Å². The molecule has 0 saturated carbocycles. The van der Waals surface area contributed by atoms with E-state index in [0.717, 1.165) is 32.6 Å². The molecule has 0 aliphatic carbocycles. The van der Waals surface area contributed by atoms with Crippen LogP contribution < -0.4 is 0 Å². The van der Waals surface area contributed by atoms with Gasteiger partial charge in [-0.05, 0) is 46.3 Å². The molecule has 0 atom stereocenters. The van der Waals surface area contributed by atoms with Gasteiger partial charge in [0.2, 0.25) is 0 Å². The summed E-state index contributed by atoms with van der Waals surface area (Å²) >= 11 is 3.50. The molecule has 1 aromatic carbocycles. The van der Waals surface area contributed by atoms with Gasteiger partial charge in [-0.1, -0.05) is 6.07 Å². The van der Waals surface area contributed by atoms with Gasteiger partial charge in [0, 0.05) is 18.7 Å². The average Bonchev–Trinajstić information content (AvgIpc) is 2.98. The van der Waals surface area contributed by atoms with Gasteiger partial charge < -0.3 is 4.42 Å². The Kier molecular flexibility index (Phi) is 2.44. The highest BCUT2D eigenvalue weighted by Gasteiger charge is 2.12. The molecule has 0 spiro atoms. The number of aromatic nitrogens is 3. The first-order valence-corrected chi connectivity index (χ1v) is 7.02. The largest absolute Gasteiger partial charge is 0.441 e. The van der Waals surface area contributed by atoms with E-state index in [1.54, 1.807) is 0 Å². The molecule has 0 aliphatic heterocycles. The van der Waals surface area contributed by atoms with Crippen LogP contribution in [0.1, 0.15) is 5.89 Å². The number of halogens is 1. The Bertz CT molecular complexity index is 939. The molecule has 0 saturated heterocycles. The van der Waals surface area contributed by atoms with Crippen molar-refractivity contribution in [1.82, 2.24) is 14.4 Å². The number of hydrogen-bond donors (Lipinski definition) is 0. The number of pyridine rings is 1. The minimum Gasteiger partial charge on any atom is -0.441 e. The van der Waals surface area contributed by atoms with Gasteiger partial charge in [-0.2, -0.15) is 0 Å². The number of hydrogen-bond acceptors (Lipinski definition) is 3. The van der Waals surface area contributed by atoms with Crippen molar-refractivity contribution in [1.29, 1.82) is 0 Å². The minimum atomic E-state index is 0.673. The van der Waals surface area contributed by atoms with Crippen molar-refractivity contribution in [2.24, 2.45) is 0 Å². The zero-order chi connectivity index (χ0) is 13.7. The lowest BCUT2D eigenvalue weighted by Crippen LogP contribution is -1.88. The normalized spacial score (nSPS) is 11.5. The van der Waals surface area contributed by atoms with E-state index < -0.39 is 0 Å². The maximum Gasteiger partial charge on any atom is 0.192 e. The Balaban J connectivity index is 2.00. The van der Waals surface area contributed by atoms with Crippen molar-refractivity contribution >= 4 is 32.5 Å². The van der Waals surface area contributed by atoms with Crippen LogP contribution in [0, 0.1) is 6.92 Å². The number of rotatable bonds is 1. The second kappa shape index (κ2) is 4.18. The van der Waals surface area contributed by atoms with E-state index >= 15 is 0 Å². The van der Waals surface area contributed by atoms with Crippen LogP contribution in [-0.4, -0.2) is 14.4 Å². The SMILES string of the molecule is Cc1nc2cc(-c3nc(Br)c4ccccn34)ccc2o1. The van der Waals surface area contributed by atoms with Gasteiger partial charge in [0.1, 0.15) is 15.9 Å². The molecule has 0 amide bonds. The lowest BCUT2D eigenvalue weighted by molar-refractivity contribution is 0.561. The highest BCUT2D eigenvalue weighted by molar-refractivity contribution is 9.10. The summed E-state index contributed by atoms with van der Waals surface area (Å²) in [5.41, 5.74) is 3.70. The maximum atomic E-state index is 5.50. The van der Waals surface area contributed by atoms with Crippen LogP contribution in [0.25, 0.3) is 28.0 Å². The lowest BCUT2D eigenvalue weighted by atomic mass is 10.2. The van der Waals surface area contributed by atoms with Crippen LogP contribution >= 0.6 is 15.9 Å². The molecule has 0 radical (unpaired) electrons. The molecule has 0 bridgehead atoms. The van der Waals surface area contributed by atoms with E-state index in [2.05, 4.69) is 30.3 Å². The maximum absolute atomic E-state index is 5.50. The summed E-state index contributed by atoms with van der Waals surface area (Å²) in [5.74, 6) is 1.56. The van der Waals surface area contributed by atoms with Crippen molar-refractivity contribution < 1.29 is 4.42 Å². The predicted molar refractivity (Wildman–Crippen MR) is 80.6 cm³/mol. The highest BCUT2D eigenvalue weighted by atomic mass is 79.9. The Labute approximate surface area is 123 Å². The summed E-state index contributed by atoms with van der Waals surface area (Å²) in [5, 5.41) is 0. The minimum absolute atomic E-state index is 0.673. The second-order valence-corrected chi connectivity index (χ2v) is 5.35. The number of fused-ring (bicyclic) bond motifs is 2. The van der Waals surface area contributed by atoms with Crippen molar-refractivity contribution in [3.05, 3.63) is 53.1 Å². The Morgan fingerprint density at radius 3 is 2.95 bits per heavy atom. The van der Waals surface area contributed by atoms with Crippen molar-refractivity contribution in [3.63, 3.8) is 0 Å². The second-order valence-electron chi connectivity index (χ2n) is 4.60. The van der Waals surface area contributed by atoms with Gasteiger partial charge in [0.25, 0.3) is 0 Å². The predicted octanol–water partition coefficient (Wildman–Crippen LogP) is 4.21. The Hall–Kier alpha value is -2.14. The van der Waals surface area contributed by atoms with E-state index in [0.29, 0.717) is 5.89 Å². The Morgan fingerprint density at radius 1 is 1.15 bits per heavy atom. The zero-order valence-electron chi connectivity index (χ0n) is 10.7. The van der Waals surface area contributed by atoms with Crippen molar-refractivity contribution in [3.8, 4) is 11.4 Å². The number of nitrogens with zero attached hydrogens (tertiary/aromatic N) is 3. The third-order valence-corrected chi connectivity index (χ3v) is 3.84. The van der Waals surface area contributed by atoms with Crippen LogP contribution in [0.2, 0.25) is 0 Å². The molecule has 0 N–H and O–H groups in total. The summed E-state index contributed by atoms with van der Waals surface area (Å²) in [6.07, 6.45) is 2.00. The molecule has 4 nitrogen and oxygen atoms in total. The molecule has 0 fully saturated rings. The summed E-state index contributed by atoms with van der Waals surface area (Å²) in [7, 11) is 0. The fourth-order valence-electron chi connectivity index (χ4n) is 2.39. The number of imidazole rings is 1. The monoisotopic (exact) mass is 327 g/mol. The number of oxazole rings is 1. The summed E-state index contributed by atoms with van der Waals surface area (Å²) in [6.45, 7) is 1.85. The standard InChI is InChI=1S/C15H10BrN3O/c1-9-17-11-8-10(5-6-13(11)20-9)15-18-14(16)12-4-2-3-7-19(12)15/h2-8H,1H3. The molecular weight excluding hydrogens is 318 g/mol. The molecular formula is C15H10BrN3O. The molecule has 3 heterocycles. The first kappa shape index (κ1) is 11.7. The van der Waals surface area contributed by atoms with Gasteiger partial charge in [-0.3, -0.25) is 4.40 Å². The number of benzene rings is 1. The smallest absolute Gasteiger partial charge is 0.192 e. The van der Waals surface area contributed by atoms with Gasteiger partial charge in [-0.25, -0.2) is 9.97 Å². The number of aryl methyl sites for hydroxylation is 1. The molecule has 5 heteroatoms. The van der Waals surface area contributed by atoms with Gasteiger partial charge in [0.15, 0.2) is 11.5 Å². The lowest BCUT2D eigenvalue weighted by Gasteiger charge is -2.00. The highest BCUT2D eigenvalue weighted by Crippen LogP contribution is 2.28. The van der Waals surface area contributed by atoms with Gasteiger partial charge in [0.05, 0.1) is 5.52 Å². The van der Waals surface area contributed by atoms with E-state index in [1.165, 1.54) is 0 Å². The molecule has 4 aromatic rings. The summed E-state index contributed by atoms with van der Waals surface area (Å²) in [6, 6.07) is 11.9. The third kappa shape index (κ3) is 1.67. The molecule has 4 rings (SSSR count). The van der Waals surface area contributed by atoms with Crippen molar-refractivity contribution in [2.75, 3.05) is 0 Å². The molecule has 3 aromatic heterocycles. The first-order chi connectivity index (χ1) is 9.72. The van der Waals surface area contributed by atoms with E-state index in [9.17, 15) is 0 Å². The van der Waals surface area contributed by atoms with Gasteiger partial charge in [-0.15, -0.1) is 0 Å².